The molecule has 1 aliphatic heterocycles. The van der Waals surface area contributed by atoms with E-state index < -0.39 is 0 Å². The van der Waals surface area contributed by atoms with E-state index >= 15 is 0 Å². The van der Waals surface area contributed by atoms with Crippen LogP contribution in [0.2, 0.25) is 0 Å². The van der Waals surface area contributed by atoms with Crippen molar-refractivity contribution in [2.24, 2.45) is 0 Å². The fourth-order valence-corrected chi connectivity index (χ4v) is 4.16. The number of hydrogen-bond acceptors (Lipinski definition) is 7. The third-order valence-electron chi connectivity index (χ3n) is 4.66. The van der Waals surface area contributed by atoms with E-state index in [1.165, 1.54) is 4.88 Å². The molecule has 0 radical (unpaired) electrons. The zero-order valence-electron chi connectivity index (χ0n) is 15.1. The molecular formula is C18H24N6S. The Labute approximate surface area is 153 Å². The Morgan fingerprint density at radius 3 is 2.48 bits per heavy atom. The van der Waals surface area contributed by atoms with E-state index in [-0.39, 0.29) is 0 Å². The highest BCUT2D eigenvalue weighted by Crippen LogP contribution is 2.24. The summed E-state index contributed by atoms with van der Waals surface area (Å²) in [7, 11) is 0. The predicted octanol–water partition coefficient (Wildman–Crippen LogP) is 2.56. The van der Waals surface area contributed by atoms with Gasteiger partial charge in [0.15, 0.2) is 5.82 Å². The SMILES string of the molecule is CCc1nnc(N2CCN(Cc3cnc(C)s3)CC2)c(C#N)c1CC. The number of aromatic nitrogens is 3. The molecule has 1 saturated heterocycles. The van der Waals surface area contributed by atoms with Crippen LogP contribution in [-0.2, 0) is 19.4 Å². The molecule has 2 aromatic heterocycles. The first-order chi connectivity index (χ1) is 12.2. The van der Waals surface area contributed by atoms with E-state index in [0.29, 0.717) is 5.56 Å². The van der Waals surface area contributed by atoms with Gasteiger partial charge in [0.1, 0.15) is 11.6 Å². The van der Waals surface area contributed by atoms with Crippen LogP contribution in [-0.4, -0.2) is 46.3 Å². The van der Waals surface area contributed by atoms with Crippen molar-refractivity contribution in [2.75, 3.05) is 31.1 Å². The summed E-state index contributed by atoms with van der Waals surface area (Å²) in [5.74, 6) is 0.754. The van der Waals surface area contributed by atoms with Gasteiger partial charge in [0.05, 0.1) is 10.7 Å². The van der Waals surface area contributed by atoms with Crippen molar-refractivity contribution >= 4 is 17.2 Å². The first-order valence-corrected chi connectivity index (χ1v) is 9.65. The number of thiazole rings is 1. The fourth-order valence-electron chi connectivity index (χ4n) is 3.32. The Morgan fingerprint density at radius 1 is 1.16 bits per heavy atom. The molecule has 0 amide bonds. The topological polar surface area (TPSA) is 68.9 Å². The molecule has 25 heavy (non-hydrogen) atoms. The van der Waals surface area contributed by atoms with Gasteiger partial charge in [-0.2, -0.15) is 10.4 Å². The molecule has 0 bridgehead atoms. The third kappa shape index (κ3) is 3.80. The molecule has 0 atom stereocenters. The number of anilines is 1. The monoisotopic (exact) mass is 356 g/mol. The van der Waals surface area contributed by atoms with Gasteiger partial charge < -0.3 is 4.90 Å². The number of rotatable bonds is 5. The molecule has 3 rings (SSSR count). The van der Waals surface area contributed by atoms with Crippen molar-refractivity contribution in [1.82, 2.24) is 20.1 Å². The Morgan fingerprint density at radius 2 is 1.92 bits per heavy atom. The van der Waals surface area contributed by atoms with E-state index in [4.69, 9.17) is 0 Å². The second kappa shape index (κ2) is 7.89. The van der Waals surface area contributed by atoms with Crippen molar-refractivity contribution in [3.8, 4) is 6.07 Å². The Kier molecular flexibility index (Phi) is 5.61. The van der Waals surface area contributed by atoms with E-state index in [1.807, 2.05) is 13.1 Å². The molecule has 0 saturated carbocycles. The minimum Gasteiger partial charge on any atom is -0.351 e. The summed E-state index contributed by atoms with van der Waals surface area (Å²) in [5.41, 5.74) is 2.71. The molecule has 132 valence electrons. The van der Waals surface area contributed by atoms with E-state index in [1.54, 1.807) is 11.3 Å². The summed E-state index contributed by atoms with van der Waals surface area (Å²) >= 11 is 1.76. The van der Waals surface area contributed by atoms with Crippen molar-refractivity contribution in [2.45, 2.75) is 40.2 Å². The lowest BCUT2D eigenvalue weighted by Gasteiger charge is -2.35. The molecule has 7 heteroatoms. The van der Waals surface area contributed by atoms with E-state index in [0.717, 1.165) is 67.6 Å². The lowest BCUT2D eigenvalue weighted by atomic mass is 10.0. The third-order valence-corrected chi connectivity index (χ3v) is 5.56. The van der Waals surface area contributed by atoms with Crippen LogP contribution < -0.4 is 4.90 Å². The van der Waals surface area contributed by atoms with Gasteiger partial charge in [-0.05, 0) is 25.3 Å². The van der Waals surface area contributed by atoms with Crippen LogP contribution in [0.1, 0.15) is 40.6 Å². The van der Waals surface area contributed by atoms with Crippen molar-refractivity contribution in [1.29, 1.82) is 5.26 Å². The van der Waals surface area contributed by atoms with Crippen LogP contribution >= 0.6 is 11.3 Å². The van der Waals surface area contributed by atoms with Crippen LogP contribution in [0.5, 0.6) is 0 Å². The maximum Gasteiger partial charge on any atom is 0.169 e. The molecule has 0 unspecified atom stereocenters. The average Bonchev–Trinajstić information content (AvgIpc) is 3.05. The van der Waals surface area contributed by atoms with Crippen LogP contribution in [0.3, 0.4) is 0 Å². The van der Waals surface area contributed by atoms with Gasteiger partial charge in [0.2, 0.25) is 0 Å². The van der Waals surface area contributed by atoms with Gasteiger partial charge in [-0.15, -0.1) is 16.4 Å². The molecule has 1 fully saturated rings. The second-order valence-electron chi connectivity index (χ2n) is 6.25. The second-order valence-corrected chi connectivity index (χ2v) is 7.57. The van der Waals surface area contributed by atoms with E-state index in [2.05, 4.69) is 44.9 Å². The molecule has 1 aliphatic rings. The minimum atomic E-state index is 0.709. The van der Waals surface area contributed by atoms with Crippen LogP contribution in [0.4, 0.5) is 5.82 Å². The largest absolute Gasteiger partial charge is 0.351 e. The first kappa shape index (κ1) is 17.8. The Balaban J connectivity index is 1.71. The Hall–Kier alpha value is -2.04. The molecule has 2 aromatic rings. The highest BCUT2D eigenvalue weighted by molar-refractivity contribution is 7.11. The predicted molar refractivity (Wildman–Crippen MR) is 99.8 cm³/mol. The molecular weight excluding hydrogens is 332 g/mol. The van der Waals surface area contributed by atoms with Gasteiger partial charge in [0, 0.05) is 43.8 Å². The number of nitrogens with zero attached hydrogens (tertiary/aromatic N) is 6. The maximum atomic E-state index is 9.67. The van der Waals surface area contributed by atoms with Crippen LogP contribution in [0.25, 0.3) is 0 Å². The summed E-state index contributed by atoms with van der Waals surface area (Å²) < 4.78 is 0. The maximum absolute atomic E-state index is 9.67. The zero-order chi connectivity index (χ0) is 17.8. The van der Waals surface area contributed by atoms with Crippen LogP contribution in [0.15, 0.2) is 6.20 Å². The van der Waals surface area contributed by atoms with Crippen molar-refractivity contribution < 1.29 is 0 Å². The first-order valence-electron chi connectivity index (χ1n) is 8.83. The number of piperazine rings is 1. The molecule has 3 heterocycles. The lowest BCUT2D eigenvalue weighted by Crippen LogP contribution is -2.46. The highest BCUT2D eigenvalue weighted by atomic mass is 32.1. The summed E-state index contributed by atoms with van der Waals surface area (Å²) in [5, 5.41) is 19.6. The number of hydrogen-bond donors (Lipinski definition) is 0. The van der Waals surface area contributed by atoms with Crippen LogP contribution in [0, 0.1) is 18.3 Å². The molecule has 0 N–H and O–H groups in total. The fraction of sp³-hybridized carbons (Fsp3) is 0.556. The van der Waals surface area contributed by atoms with Gasteiger partial charge in [-0.1, -0.05) is 13.8 Å². The highest BCUT2D eigenvalue weighted by Gasteiger charge is 2.23. The van der Waals surface area contributed by atoms with E-state index in [9.17, 15) is 5.26 Å². The smallest absolute Gasteiger partial charge is 0.169 e. The Bertz CT molecular complexity index is 770. The summed E-state index contributed by atoms with van der Waals surface area (Å²) in [6.07, 6.45) is 3.61. The number of aryl methyl sites for hydroxylation is 2. The average molecular weight is 356 g/mol. The number of nitriles is 1. The summed E-state index contributed by atoms with van der Waals surface area (Å²) in [4.78, 5) is 10.3. The van der Waals surface area contributed by atoms with Gasteiger partial charge >= 0.3 is 0 Å². The molecule has 6 nitrogen and oxygen atoms in total. The summed E-state index contributed by atoms with van der Waals surface area (Å²) in [6.45, 7) is 10.8. The van der Waals surface area contributed by atoms with Gasteiger partial charge in [-0.3, -0.25) is 4.90 Å². The standard InChI is InChI=1S/C18H24N6S/c1-4-15-16(10-19)18(22-21-17(15)5-2)24-8-6-23(7-9-24)12-14-11-20-13(3)25-14/h11H,4-9,12H2,1-3H3. The van der Waals surface area contributed by atoms with Gasteiger partial charge in [0.25, 0.3) is 0 Å². The molecule has 0 aromatic carbocycles. The normalized spacial score (nSPS) is 15.4. The lowest BCUT2D eigenvalue weighted by molar-refractivity contribution is 0.251. The molecule has 0 aliphatic carbocycles. The molecule has 0 spiro atoms. The summed E-state index contributed by atoms with van der Waals surface area (Å²) in [6, 6.07) is 2.38. The quantitative estimate of drug-likeness (QED) is 0.820. The zero-order valence-corrected chi connectivity index (χ0v) is 15.9. The van der Waals surface area contributed by atoms with Crippen molar-refractivity contribution in [3.63, 3.8) is 0 Å². The van der Waals surface area contributed by atoms with Crippen molar-refractivity contribution in [3.05, 3.63) is 32.9 Å². The minimum absolute atomic E-state index is 0.709. The van der Waals surface area contributed by atoms with Gasteiger partial charge in [-0.25, -0.2) is 4.98 Å².